The number of hydrogen-bond acceptors (Lipinski definition) is 7. The molecule has 174 valence electrons. The molecular weight excluding hydrogens is 444 g/mol. The lowest BCUT2D eigenvalue weighted by atomic mass is 10.2. The van der Waals surface area contributed by atoms with Crippen molar-refractivity contribution in [3.8, 4) is 11.6 Å². The minimum Gasteiger partial charge on any atom is -0.479 e. The van der Waals surface area contributed by atoms with Crippen LogP contribution >= 0.6 is 0 Å². The van der Waals surface area contributed by atoms with Crippen molar-refractivity contribution in [2.24, 2.45) is 0 Å². The zero-order chi connectivity index (χ0) is 23.7. The standard InChI is InChI=1S/C23H21F2N7O2/c1-33-8-6-26-23-30-21-19(32(23)12-14-3-4-16(24)17(25)9-14)10-15(11-27-21)31-7-5-18-20(31)22(34-2)29-13-28-18/h3-5,7,9-11,13H,6,8,12H2,1-2H3,(H,26,27,30). The fourth-order valence-electron chi connectivity index (χ4n) is 3.82. The highest BCUT2D eigenvalue weighted by Gasteiger charge is 2.17. The molecule has 5 rings (SSSR count). The molecule has 0 saturated heterocycles. The van der Waals surface area contributed by atoms with E-state index >= 15 is 0 Å². The van der Waals surface area contributed by atoms with Gasteiger partial charge in [-0.2, -0.15) is 9.97 Å². The van der Waals surface area contributed by atoms with Crippen LogP contribution in [0.1, 0.15) is 5.56 Å². The van der Waals surface area contributed by atoms with E-state index < -0.39 is 11.6 Å². The number of halogens is 2. The molecule has 1 aromatic carbocycles. The molecule has 0 aliphatic rings. The predicted molar refractivity (Wildman–Crippen MR) is 122 cm³/mol. The lowest BCUT2D eigenvalue weighted by molar-refractivity contribution is 0.210. The highest BCUT2D eigenvalue weighted by molar-refractivity contribution is 5.84. The molecule has 0 saturated carbocycles. The van der Waals surface area contributed by atoms with E-state index in [-0.39, 0.29) is 6.54 Å². The first kappa shape index (κ1) is 21.7. The van der Waals surface area contributed by atoms with Crippen molar-refractivity contribution in [3.05, 3.63) is 66.3 Å². The number of imidazole rings is 1. The molecule has 0 radical (unpaired) electrons. The maximum Gasteiger partial charge on any atom is 0.241 e. The van der Waals surface area contributed by atoms with E-state index in [2.05, 4.69) is 25.3 Å². The molecule has 0 aliphatic heterocycles. The Kier molecular flexibility index (Phi) is 5.76. The van der Waals surface area contributed by atoms with Crippen LogP contribution in [0, 0.1) is 11.6 Å². The molecule has 0 atom stereocenters. The van der Waals surface area contributed by atoms with Crippen LogP contribution in [0.15, 0.2) is 49.1 Å². The van der Waals surface area contributed by atoms with E-state index in [4.69, 9.17) is 9.47 Å². The summed E-state index contributed by atoms with van der Waals surface area (Å²) in [6.45, 7) is 1.25. The Bertz CT molecular complexity index is 1480. The molecule has 1 N–H and O–H groups in total. The number of rotatable bonds is 8. The second-order valence-corrected chi connectivity index (χ2v) is 7.53. The molecule has 5 aromatic rings. The highest BCUT2D eigenvalue weighted by Crippen LogP contribution is 2.28. The third-order valence-electron chi connectivity index (χ3n) is 5.42. The van der Waals surface area contributed by atoms with Crippen LogP contribution in [0.3, 0.4) is 0 Å². The fourth-order valence-corrected chi connectivity index (χ4v) is 3.82. The minimum absolute atomic E-state index is 0.257. The first-order chi connectivity index (χ1) is 16.6. The lowest BCUT2D eigenvalue weighted by Crippen LogP contribution is -2.13. The number of fused-ring (bicyclic) bond motifs is 2. The number of nitrogens with one attached hydrogen (secondary N) is 1. The van der Waals surface area contributed by atoms with Gasteiger partial charge < -0.3 is 23.9 Å². The van der Waals surface area contributed by atoms with Crippen molar-refractivity contribution < 1.29 is 18.3 Å². The molecule has 0 spiro atoms. The Morgan fingerprint density at radius 3 is 2.71 bits per heavy atom. The summed E-state index contributed by atoms with van der Waals surface area (Å²) in [6, 6.07) is 7.62. The number of nitrogens with zero attached hydrogens (tertiary/aromatic N) is 6. The summed E-state index contributed by atoms with van der Waals surface area (Å²) in [5.74, 6) is -0.815. The van der Waals surface area contributed by atoms with E-state index in [1.54, 1.807) is 26.5 Å². The lowest BCUT2D eigenvalue weighted by Gasteiger charge is -2.12. The maximum absolute atomic E-state index is 13.9. The molecule has 11 heteroatoms. The SMILES string of the molecule is COCCNc1nc2ncc(-n3ccc4ncnc(OC)c43)cc2n1Cc1ccc(F)c(F)c1. The summed E-state index contributed by atoms with van der Waals surface area (Å²) < 4.78 is 41.6. The molecule has 0 fully saturated rings. The van der Waals surface area contributed by atoms with Crippen LogP contribution in [0.2, 0.25) is 0 Å². The molecule has 0 aliphatic carbocycles. The second-order valence-electron chi connectivity index (χ2n) is 7.53. The average molecular weight is 465 g/mol. The van der Waals surface area contributed by atoms with Gasteiger partial charge >= 0.3 is 0 Å². The van der Waals surface area contributed by atoms with Crippen molar-refractivity contribution in [1.29, 1.82) is 0 Å². The number of aromatic nitrogens is 6. The third kappa shape index (κ3) is 3.90. The minimum atomic E-state index is -0.902. The van der Waals surface area contributed by atoms with E-state index in [1.807, 2.05) is 27.5 Å². The Morgan fingerprint density at radius 2 is 1.91 bits per heavy atom. The van der Waals surface area contributed by atoms with Crippen LogP contribution in [0.4, 0.5) is 14.7 Å². The largest absolute Gasteiger partial charge is 0.479 e. The summed E-state index contributed by atoms with van der Waals surface area (Å²) >= 11 is 0. The van der Waals surface area contributed by atoms with E-state index in [0.29, 0.717) is 47.2 Å². The number of hydrogen-bond donors (Lipinski definition) is 1. The van der Waals surface area contributed by atoms with Gasteiger partial charge in [-0.1, -0.05) is 6.07 Å². The Hall–Kier alpha value is -4.12. The number of ether oxygens (including phenoxy) is 2. The Labute approximate surface area is 193 Å². The maximum atomic E-state index is 13.9. The zero-order valence-corrected chi connectivity index (χ0v) is 18.5. The van der Waals surface area contributed by atoms with Gasteiger partial charge in [0, 0.05) is 19.9 Å². The Morgan fingerprint density at radius 1 is 1.03 bits per heavy atom. The smallest absolute Gasteiger partial charge is 0.241 e. The molecular formula is C23H21F2N7O2. The van der Waals surface area contributed by atoms with Gasteiger partial charge in [0.25, 0.3) is 0 Å². The van der Waals surface area contributed by atoms with Gasteiger partial charge in [0.1, 0.15) is 11.8 Å². The van der Waals surface area contributed by atoms with E-state index in [0.717, 1.165) is 17.3 Å². The van der Waals surface area contributed by atoms with Gasteiger partial charge in [-0.3, -0.25) is 0 Å². The first-order valence-corrected chi connectivity index (χ1v) is 10.5. The molecule has 4 aromatic heterocycles. The zero-order valence-electron chi connectivity index (χ0n) is 18.5. The van der Waals surface area contributed by atoms with Crippen LogP contribution in [-0.2, 0) is 11.3 Å². The van der Waals surface area contributed by atoms with Gasteiger partial charge in [0.15, 0.2) is 17.3 Å². The number of pyridine rings is 1. The van der Waals surface area contributed by atoms with Crippen LogP contribution in [-0.4, -0.2) is 56.4 Å². The van der Waals surface area contributed by atoms with Gasteiger partial charge in [-0.25, -0.2) is 18.7 Å². The summed E-state index contributed by atoms with van der Waals surface area (Å²) in [4.78, 5) is 17.6. The molecule has 34 heavy (non-hydrogen) atoms. The summed E-state index contributed by atoms with van der Waals surface area (Å²) in [5.41, 5.74) is 3.97. The summed E-state index contributed by atoms with van der Waals surface area (Å²) in [7, 11) is 3.16. The average Bonchev–Trinajstić information content (AvgIpc) is 3.43. The van der Waals surface area contributed by atoms with Gasteiger partial charge in [0.05, 0.1) is 43.2 Å². The third-order valence-corrected chi connectivity index (χ3v) is 5.42. The summed E-state index contributed by atoms with van der Waals surface area (Å²) in [5, 5.41) is 3.22. The van der Waals surface area contributed by atoms with Crippen molar-refractivity contribution in [2.45, 2.75) is 6.54 Å². The van der Waals surface area contributed by atoms with Gasteiger partial charge in [-0.15, -0.1) is 0 Å². The topological polar surface area (TPSA) is 91.9 Å². The number of benzene rings is 1. The van der Waals surface area contributed by atoms with Crippen molar-refractivity contribution in [3.63, 3.8) is 0 Å². The quantitative estimate of drug-likeness (QED) is 0.350. The monoisotopic (exact) mass is 465 g/mol. The van der Waals surface area contributed by atoms with E-state index in [1.165, 1.54) is 12.4 Å². The van der Waals surface area contributed by atoms with Crippen molar-refractivity contribution >= 4 is 28.1 Å². The van der Waals surface area contributed by atoms with Crippen molar-refractivity contribution in [2.75, 3.05) is 32.7 Å². The van der Waals surface area contributed by atoms with Crippen molar-refractivity contribution in [1.82, 2.24) is 29.1 Å². The van der Waals surface area contributed by atoms with E-state index in [9.17, 15) is 8.78 Å². The molecule has 0 amide bonds. The molecule has 9 nitrogen and oxygen atoms in total. The Balaban J connectivity index is 1.63. The fraction of sp³-hybridized carbons (Fsp3) is 0.217. The van der Waals surface area contributed by atoms with Crippen LogP contribution in [0.5, 0.6) is 5.88 Å². The molecule has 0 unspecified atom stereocenters. The molecule has 4 heterocycles. The van der Waals surface area contributed by atoms with Gasteiger partial charge in [0.2, 0.25) is 11.8 Å². The second kappa shape index (κ2) is 9.02. The van der Waals surface area contributed by atoms with Crippen LogP contribution in [0.25, 0.3) is 27.9 Å². The first-order valence-electron chi connectivity index (χ1n) is 10.5. The predicted octanol–water partition coefficient (Wildman–Crippen LogP) is 3.56. The molecule has 0 bridgehead atoms. The number of methoxy groups -OCH3 is 2. The van der Waals surface area contributed by atoms with Gasteiger partial charge in [-0.05, 0) is 29.8 Å². The normalized spacial score (nSPS) is 11.4. The number of anilines is 1. The van der Waals surface area contributed by atoms with Crippen LogP contribution < -0.4 is 10.1 Å². The highest BCUT2D eigenvalue weighted by atomic mass is 19.2. The summed E-state index contributed by atoms with van der Waals surface area (Å²) in [6.07, 6.45) is 5.00.